The minimum atomic E-state index is -0.272. The van der Waals surface area contributed by atoms with E-state index in [4.69, 9.17) is 4.74 Å². The van der Waals surface area contributed by atoms with E-state index in [1.54, 1.807) is 0 Å². The number of hydrogen-bond donors (Lipinski definition) is 1. The first kappa shape index (κ1) is 21.3. The van der Waals surface area contributed by atoms with Gasteiger partial charge in [-0.05, 0) is 61.4 Å². The van der Waals surface area contributed by atoms with Gasteiger partial charge in [0.2, 0.25) is 0 Å². The highest BCUT2D eigenvalue weighted by molar-refractivity contribution is 7.11. The summed E-state index contributed by atoms with van der Waals surface area (Å²) >= 11 is 1.46. The highest BCUT2D eigenvalue weighted by Crippen LogP contribution is 2.33. The second-order valence-corrected chi connectivity index (χ2v) is 8.26. The van der Waals surface area contributed by atoms with Gasteiger partial charge in [-0.2, -0.15) is 0 Å². The van der Waals surface area contributed by atoms with Crippen molar-refractivity contribution < 1.29 is 14.3 Å². The summed E-state index contributed by atoms with van der Waals surface area (Å²) in [4.78, 5) is 28.3. The van der Waals surface area contributed by atoms with E-state index < -0.39 is 0 Å². The van der Waals surface area contributed by atoms with Gasteiger partial charge >= 0.3 is 0 Å². The number of carbonyl (C=O) groups excluding carboxylic acids is 2. The van der Waals surface area contributed by atoms with Crippen LogP contribution in [0.3, 0.4) is 0 Å². The molecule has 5 nitrogen and oxygen atoms in total. The topological polar surface area (TPSA) is 58.6 Å². The van der Waals surface area contributed by atoms with E-state index in [1.165, 1.54) is 16.2 Å². The number of unbranched alkanes of at least 4 members (excludes halogenated alkanes) is 1. The fraction of sp³-hybridized carbons (Fsp3) is 0.391. The van der Waals surface area contributed by atoms with E-state index in [9.17, 15) is 9.59 Å². The van der Waals surface area contributed by atoms with Crippen molar-refractivity contribution in [3.8, 4) is 0 Å². The van der Waals surface area contributed by atoms with Crippen LogP contribution in [0.5, 0.6) is 0 Å². The Bertz CT molecular complexity index is 883. The van der Waals surface area contributed by atoms with Crippen LogP contribution in [0, 0.1) is 13.8 Å². The van der Waals surface area contributed by atoms with Crippen molar-refractivity contribution in [2.45, 2.75) is 40.0 Å². The van der Waals surface area contributed by atoms with Crippen molar-refractivity contribution >= 4 is 34.4 Å². The van der Waals surface area contributed by atoms with Gasteiger partial charge in [0.05, 0.1) is 5.57 Å². The van der Waals surface area contributed by atoms with Gasteiger partial charge in [-0.25, -0.2) is 0 Å². The van der Waals surface area contributed by atoms with Gasteiger partial charge in [0.25, 0.3) is 11.8 Å². The van der Waals surface area contributed by atoms with E-state index in [0.717, 1.165) is 41.1 Å². The van der Waals surface area contributed by atoms with Crippen molar-refractivity contribution in [2.24, 2.45) is 0 Å². The first-order chi connectivity index (χ1) is 14.0. The second kappa shape index (κ2) is 9.85. The zero-order valence-corrected chi connectivity index (χ0v) is 18.1. The van der Waals surface area contributed by atoms with Gasteiger partial charge in [-0.1, -0.05) is 25.5 Å². The molecule has 2 aromatic rings. The SMILES string of the molecule is CCCCOCCCN1C(=O)C(Nc2cc(C)cc(C)c2)=C(c2cccs2)C1=O. The Hall–Kier alpha value is -2.44. The van der Waals surface area contributed by atoms with Crippen molar-refractivity contribution in [1.82, 2.24) is 4.90 Å². The lowest BCUT2D eigenvalue weighted by Gasteiger charge is -2.15. The van der Waals surface area contributed by atoms with Gasteiger partial charge in [0.1, 0.15) is 5.70 Å². The second-order valence-electron chi connectivity index (χ2n) is 7.31. The van der Waals surface area contributed by atoms with Crippen LogP contribution in [-0.2, 0) is 14.3 Å². The van der Waals surface area contributed by atoms with E-state index in [-0.39, 0.29) is 11.8 Å². The summed E-state index contributed by atoms with van der Waals surface area (Å²) in [5.74, 6) is -0.510. The molecule has 3 rings (SSSR count). The van der Waals surface area contributed by atoms with Crippen LogP contribution < -0.4 is 5.32 Å². The standard InChI is InChI=1S/C23H28N2O3S/c1-4-5-10-28-11-7-9-25-22(26)20(19-8-6-12-29-19)21(23(25)27)24-18-14-16(2)13-17(3)15-18/h6,8,12-15,24H,4-5,7,9-11H2,1-3H3. The Balaban J connectivity index is 1.79. The summed E-state index contributed by atoms with van der Waals surface area (Å²) in [5, 5.41) is 5.15. The van der Waals surface area contributed by atoms with Crippen LogP contribution in [0.2, 0.25) is 0 Å². The molecule has 0 spiro atoms. The number of nitrogens with zero attached hydrogens (tertiary/aromatic N) is 1. The average molecular weight is 413 g/mol. The van der Waals surface area contributed by atoms with Crippen molar-refractivity contribution in [3.05, 3.63) is 57.4 Å². The Labute approximate surface area is 176 Å². The van der Waals surface area contributed by atoms with Gasteiger partial charge in [-0.15, -0.1) is 11.3 Å². The summed E-state index contributed by atoms with van der Waals surface area (Å²) in [6.07, 6.45) is 2.75. The smallest absolute Gasteiger partial charge is 0.278 e. The highest BCUT2D eigenvalue weighted by atomic mass is 32.1. The number of benzene rings is 1. The predicted molar refractivity (Wildman–Crippen MR) is 118 cm³/mol. The van der Waals surface area contributed by atoms with Crippen LogP contribution in [0.4, 0.5) is 5.69 Å². The average Bonchev–Trinajstić information content (AvgIpc) is 3.26. The maximum atomic E-state index is 13.1. The monoisotopic (exact) mass is 412 g/mol. The quantitative estimate of drug-likeness (QED) is 0.451. The molecule has 154 valence electrons. The number of anilines is 1. The molecule has 0 aliphatic carbocycles. The molecular formula is C23H28N2O3S. The van der Waals surface area contributed by atoms with Gasteiger partial charge in [-0.3, -0.25) is 14.5 Å². The lowest BCUT2D eigenvalue weighted by atomic mass is 10.1. The van der Waals surface area contributed by atoms with Gasteiger partial charge in [0, 0.05) is 30.3 Å². The molecule has 1 N–H and O–H groups in total. The minimum absolute atomic E-state index is 0.238. The van der Waals surface area contributed by atoms with E-state index >= 15 is 0 Å². The molecule has 1 aromatic heterocycles. The predicted octanol–water partition coefficient (Wildman–Crippen LogP) is 4.76. The molecule has 0 bridgehead atoms. The molecule has 6 heteroatoms. The number of imide groups is 1. The third-order valence-electron chi connectivity index (χ3n) is 4.74. The molecule has 1 aliphatic rings. The van der Waals surface area contributed by atoms with Gasteiger partial charge < -0.3 is 10.1 Å². The highest BCUT2D eigenvalue weighted by Gasteiger charge is 2.39. The number of aryl methyl sites for hydroxylation is 2. The fourth-order valence-corrected chi connectivity index (χ4v) is 4.18. The van der Waals surface area contributed by atoms with Crippen molar-refractivity contribution in [1.29, 1.82) is 0 Å². The minimum Gasteiger partial charge on any atom is -0.381 e. The molecular weight excluding hydrogens is 384 g/mol. The number of ether oxygens (including phenoxy) is 1. The molecule has 0 fully saturated rings. The largest absolute Gasteiger partial charge is 0.381 e. The molecule has 0 unspecified atom stereocenters. The molecule has 0 saturated heterocycles. The van der Waals surface area contributed by atoms with Crippen molar-refractivity contribution in [3.63, 3.8) is 0 Å². The lowest BCUT2D eigenvalue weighted by Crippen LogP contribution is -2.34. The zero-order valence-electron chi connectivity index (χ0n) is 17.3. The molecule has 0 radical (unpaired) electrons. The molecule has 1 aromatic carbocycles. The molecule has 0 saturated carbocycles. The Kier molecular flexibility index (Phi) is 7.23. The third-order valence-corrected chi connectivity index (χ3v) is 5.63. The number of hydrogen-bond acceptors (Lipinski definition) is 5. The molecule has 2 amide bonds. The summed E-state index contributed by atoms with van der Waals surface area (Å²) in [6.45, 7) is 7.77. The number of nitrogens with one attached hydrogen (secondary N) is 1. The van der Waals surface area contributed by atoms with Crippen molar-refractivity contribution in [2.75, 3.05) is 25.1 Å². The van der Waals surface area contributed by atoms with E-state index in [2.05, 4.69) is 18.3 Å². The van der Waals surface area contributed by atoms with Crippen LogP contribution in [0.1, 0.15) is 42.2 Å². The first-order valence-electron chi connectivity index (χ1n) is 10.1. The summed E-state index contributed by atoms with van der Waals surface area (Å²) in [6, 6.07) is 9.81. The molecule has 29 heavy (non-hydrogen) atoms. The molecule has 1 aliphatic heterocycles. The fourth-order valence-electron chi connectivity index (χ4n) is 3.41. The zero-order chi connectivity index (χ0) is 20.8. The van der Waals surface area contributed by atoms with Crippen LogP contribution in [-0.4, -0.2) is 36.5 Å². The van der Waals surface area contributed by atoms with Crippen LogP contribution in [0.25, 0.3) is 5.57 Å². The number of amides is 2. The van der Waals surface area contributed by atoms with Gasteiger partial charge in [0.15, 0.2) is 0 Å². The maximum absolute atomic E-state index is 13.1. The molecule has 0 atom stereocenters. The Morgan fingerprint density at radius 3 is 2.41 bits per heavy atom. The third kappa shape index (κ3) is 5.14. The summed E-state index contributed by atoms with van der Waals surface area (Å²) < 4.78 is 5.58. The number of rotatable bonds is 10. The maximum Gasteiger partial charge on any atom is 0.278 e. The van der Waals surface area contributed by atoms with E-state index in [0.29, 0.717) is 30.8 Å². The first-order valence-corrected chi connectivity index (χ1v) is 11.0. The Morgan fingerprint density at radius 1 is 1.03 bits per heavy atom. The normalized spacial score (nSPS) is 14.2. The molecule has 2 heterocycles. The Morgan fingerprint density at radius 2 is 1.76 bits per heavy atom. The van der Waals surface area contributed by atoms with Crippen LogP contribution >= 0.6 is 11.3 Å². The number of carbonyl (C=O) groups is 2. The lowest BCUT2D eigenvalue weighted by molar-refractivity contribution is -0.137. The summed E-state index contributed by atoms with van der Waals surface area (Å²) in [5.41, 5.74) is 3.83. The van der Waals surface area contributed by atoms with Crippen LogP contribution in [0.15, 0.2) is 41.4 Å². The van der Waals surface area contributed by atoms with E-state index in [1.807, 2.05) is 43.5 Å². The summed E-state index contributed by atoms with van der Waals surface area (Å²) in [7, 11) is 0. The number of thiophene rings is 1.